The molecular weight excluding hydrogens is 310 g/mol. The number of carbonyl (C=O) groups is 1. The summed E-state index contributed by atoms with van der Waals surface area (Å²) in [7, 11) is 0. The first-order chi connectivity index (χ1) is 11.2. The highest BCUT2D eigenvalue weighted by Gasteiger charge is 2.35. The van der Waals surface area contributed by atoms with Crippen LogP contribution in [0.15, 0.2) is 62.6 Å². The Kier molecular flexibility index (Phi) is 3.23. The van der Waals surface area contributed by atoms with E-state index < -0.39 is 6.04 Å². The van der Waals surface area contributed by atoms with E-state index in [1.165, 1.54) is 0 Å². The lowest BCUT2D eigenvalue weighted by atomic mass is 9.99. The number of para-hydroxylation sites is 1. The van der Waals surface area contributed by atoms with Crippen molar-refractivity contribution in [2.75, 3.05) is 6.26 Å². The van der Waals surface area contributed by atoms with Gasteiger partial charge in [0.05, 0.1) is 17.0 Å². The Hall–Kier alpha value is -2.53. The number of thioether (sulfide) groups is 1. The highest BCUT2D eigenvalue weighted by atomic mass is 32.2. The number of hydrogen-bond donors (Lipinski definition) is 1. The van der Waals surface area contributed by atoms with Gasteiger partial charge in [-0.3, -0.25) is 9.59 Å². The average molecular weight is 323 g/mol. The molecule has 2 heterocycles. The predicted octanol–water partition coefficient (Wildman–Crippen LogP) is 3.35. The molecule has 4 nitrogen and oxygen atoms in total. The lowest BCUT2D eigenvalue weighted by Gasteiger charge is -2.12. The minimum atomic E-state index is -0.464. The van der Waals surface area contributed by atoms with Crippen molar-refractivity contribution in [3.63, 3.8) is 0 Å². The first kappa shape index (κ1) is 14.1. The molecule has 1 amide bonds. The molecular formula is C18H13NO3S. The Balaban J connectivity index is 1.93. The molecule has 0 aliphatic carbocycles. The van der Waals surface area contributed by atoms with E-state index in [1.54, 1.807) is 36.0 Å². The minimum Gasteiger partial charge on any atom is -0.450 e. The molecule has 1 unspecified atom stereocenters. The van der Waals surface area contributed by atoms with Crippen LogP contribution < -0.4 is 10.7 Å². The molecule has 0 saturated carbocycles. The van der Waals surface area contributed by atoms with Crippen molar-refractivity contribution in [3.8, 4) is 0 Å². The lowest BCUT2D eigenvalue weighted by Crippen LogP contribution is -2.21. The van der Waals surface area contributed by atoms with E-state index in [9.17, 15) is 9.59 Å². The van der Waals surface area contributed by atoms with Gasteiger partial charge < -0.3 is 9.73 Å². The fourth-order valence-corrected chi connectivity index (χ4v) is 3.31. The fourth-order valence-electron chi connectivity index (χ4n) is 2.90. The summed E-state index contributed by atoms with van der Waals surface area (Å²) in [4.78, 5) is 26.2. The van der Waals surface area contributed by atoms with Crippen molar-refractivity contribution in [2.45, 2.75) is 10.9 Å². The number of amides is 1. The van der Waals surface area contributed by atoms with E-state index in [0.29, 0.717) is 16.5 Å². The molecule has 5 heteroatoms. The Bertz CT molecular complexity index is 976. The van der Waals surface area contributed by atoms with Crippen LogP contribution in [0.1, 0.15) is 27.7 Å². The minimum absolute atomic E-state index is 0.118. The van der Waals surface area contributed by atoms with Gasteiger partial charge in [0.1, 0.15) is 5.58 Å². The molecule has 1 atom stereocenters. The molecule has 0 fully saturated rings. The van der Waals surface area contributed by atoms with Gasteiger partial charge in [-0.1, -0.05) is 24.3 Å². The van der Waals surface area contributed by atoms with E-state index in [1.807, 2.05) is 30.5 Å². The van der Waals surface area contributed by atoms with Crippen molar-refractivity contribution < 1.29 is 9.21 Å². The van der Waals surface area contributed by atoms with Gasteiger partial charge in [0.25, 0.3) is 5.91 Å². The molecule has 1 aliphatic rings. The van der Waals surface area contributed by atoms with Crippen molar-refractivity contribution in [3.05, 3.63) is 75.6 Å². The topological polar surface area (TPSA) is 59.3 Å². The summed E-state index contributed by atoms with van der Waals surface area (Å²) in [5.41, 5.74) is 1.55. The molecule has 0 spiro atoms. The number of hydrogen-bond acceptors (Lipinski definition) is 4. The molecule has 23 heavy (non-hydrogen) atoms. The van der Waals surface area contributed by atoms with Crippen molar-refractivity contribution in [1.82, 2.24) is 5.32 Å². The summed E-state index contributed by atoms with van der Waals surface area (Å²) >= 11 is 1.64. The normalized spacial score (nSPS) is 16.4. The quantitative estimate of drug-likeness (QED) is 0.735. The average Bonchev–Trinajstić information content (AvgIpc) is 2.92. The van der Waals surface area contributed by atoms with Gasteiger partial charge in [-0.25, -0.2) is 0 Å². The third-order valence-electron chi connectivity index (χ3n) is 4.05. The number of fused-ring (bicyclic) bond motifs is 2. The zero-order valence-electron chi connectivity index (χ0n) is 12.3. The van der Waals surface area contributed by atoms with Gasteiger partial charge in [-0.2, -0.15) is 0 Å². The number of benzene rings is 2. The maximum absolute atomic E-state index is 12.8. The highest BCUT2D eigenvalue weighted by Crippen LogP contribution is 2.31. The summed E-state index contributed by atoms with van der Waals surface area (Å²) < 4.78 is 5.68. The Morgan fingerprint density at radius 2 is 1.78 bits per heavy atom. The fraction of sp³-hybridized carbons (Fsp3) is 0.111. The van der Waals surface area contributed by atoms with Crippen molar-refractivity contribution >= 4 is 28.6 Å². The van der Waals surface area contributed by atoms with Crippen LogP contribution >= 0.6 is 11.8 Å². The van der Waals surface area contributed by atoms with E-state index in [4.69, 9.17) is 4.42 Å². The summed E-state index contributed by atoms with van der Waals surface area (Å²) in [6.45, 7) is 0. The van der Waals surface area contributed by atoms with Crippen LogP contribution in [0.2, 0.25) is 0 Å². The summed E-state index contributed by atoms with van der Waals surface area (Å²) in [5, 5.41) is 3.34. The Morgan fingerprint density at radius 1 is 1.04 bits per heavy atom. The van der Waals surface area contributed by atoms with Crippen LogP contribution in [0.25, 0.3) is 11.0 Å². The molecule has 3 aromatic rings. The van der Waals surface area contributed by atoms with E-state index in [0.717, 1.165) is 10.5 Å². The highest BCUT2D eigenvalue weighted by molar-refractivity contribution is 7.98. The van der Waals surface area contributed by atoms with Crippen LogP contribution in [-0.2, 0) is 0 Å². The van der Waals surface area contributed by atoms with E-state index in [-0.39, 0.29) is 17.1 Å². The molecule has 4 rings (SSSR count). The second kappa shape index (κ2) is 5.28. The lowest BCUT2D eigenvalue weighted by molar-refractivity contribution is 0.0938. The standard InChI is InChI=1S/C18H13NO3S/c1-23-11-8-6-10(7-9-11)15-14-16(20)12-4-2-3-5-13(12)22-17(14)18(21)19-15/h2-9,15H,1H3,(H,19,21). The zero-order chi connectivity index (χ0) is 16.0. The monoisotopic (exact) mass is 323 g/mol. The molecule has 1 aromatic heterocycles. The molecule has 0 bridgehead atoms. The second-order valence-electron chi connectivity index (χ2n) is 5.35. The molecule has 2 aromatic carbocycles. The Morgan fingerprint density at radius 3 is 2.52 bits per heavy atom. The van der Waals surface area contributed by atoms with E-state index in [2.05, 4.69) is 5.32 Å². The maximum Gasteiger partial charge on any atom is 0.288 e. The molecule has 114 valence electrons. The van der Waals surface area contributed by atoms with Crippen LogP contribution in [0.4, 0.5) is 0 Å². The van der Waals surface area contributed by atoms with Gasteiger partial charge in [0, 0.05) is 4.90 Å². The van der Waals surface area contributed by atoms with Crippen molar-refractivity contribution in [1.29, 1.82) is 0 Å². The van der Waals surface area contributed by atoms with Crippen LogP contribution in [0, 0.1) is 0 Å². The first-order valence-corrected chi connectivity index (χ1v) is 8.42. The molecule has 0 saturated heterocycles. The summed E-state index contributed by atoms with van der Waals surface area (Å²) in [6.07, 6.45) is 2.00. The van der Waals surface area contributed by atoms with Gasteiger partial charge in [0.2, 0.25) is 5.76 Å². The van der Waals surface area contributed by atoms with Gasteiger partial charge >= 0.3 is 0 Å². The zero-order valence-corrected chi connectivity index (χ0v) is 13.1. The van der Waals surface area contributed by atoms with Crippen LogP contribution in [0.5, 0.6) is 0 Å². The predicted molar refractivity (Wildman–Crippen MR) is 90.0 cm³/mol. The maximum atomic E-state index is 12.8. The third-order valence-corrected chi connectivity index (χ3v) is 4.80. The third kappa shape index (κ3) is 2.16. The number of rotatable bonds is 2. The summed E-state index contributed by atoms with van der Waals surface area (Å²) in [6, 6.07) is 14.3. The largest absolute Gasteiger partial charge is 0.450 e. The molecule has 0 radical (unpaired) electrons. The SMILES string of the molecule is CSc1ccc(C2NC(=O)c3oc4ccccc4c(=O)c32)cc1. The second-order valence-corrected chi connectivity index (χ2v) is 6.23. The summed E-state index contributed by atoms with van der Waals surface area (Å²) in [5.74, 6) is -0.227. The van der Waals surface area contributed by atoms with Crippen LogP contribution in [0.3, 0.4) is 0 Å². The first-order valence-electron chi connectivity index (χ1n) is 7.19. The van der Waals surface area contributed by atoms with Gasteiger partial charge in [-0.05, 0) is 36.1 Å². The number of carbonyl (C=O) groups excluding carboxylic acids is 1. The van der Waals surface area contributed by atoms with Gasteiger partial charge in [0.15, 0.2) is 5.43 Å². The van der Waals surface area contributed by atoms with Crippen molar-refractivity contribution in [2.24, 2.45) is 0 Å². The van der Waals surface area contributed by atoms with Crippen LogP contribution in [-0.4, -0.2) is 12.2 Å². The molecule has 1 N–H and O–H groups in total. The Labute approximate surface area is 136 Å². The van der Waals surface area contributed by atoms with Gasteiger partial charge in [-0.15, -0.1) is 11.8 Å². The van der Waals surface area contributed by atoms with E-state index >= 15 is 0 Å². The number of nitrogens with one attached hydrogen (secondary N) is 1. The smallest absolute Gasteiger partial charge is 0.288 e. The molecule has 1 aliphatic heterocycles.